The summed E-state index contributed by atoms with van der Waals surface area (Å²) in [5.41, 5.74) is 1.24. The van der Waals surface area contributed by atoms with Crippen LogP contribution in [0, 0.1) is 0 Å². The molecule has 16 heavy (non-hydrogen) atoms. The lowest BCUT2D eigenvalue weighted by molar-refractivity contribution is 0.568. The summed E-state index contributed by atoms with van der Waals surface area (Å²) in [5.74, 6) is 0. The highest BCUT2D eigenvalue weighted by Crippen LogP contribution is 2.19. The number of rotatable bonds is 0. The van der Waals surface area contributed by atoms with Gasteiger partial charge in [0.2, 0.25) is 7.98 Å². The number of nitrogens with zero attached hydrogens (tertiary/aromatic N) is 4. The van der Waals surface area contributed by atoms with Crippen LogP contribution in [-0.4, -0.2) is 27.4 Å². The maximum atomic E-state index is 11.8. The molecule has 5 nitrogen and oxygen atoms in total. The average molecular weight is 216 g/mol. The summed E-state index contributed by atoms with van der Waals surface area (Å²) in [6.45, 7) is 6.09. The van der Waals surface area contributed by atoms with Crippen LogP contribution in [0.15, 0.2) is 17.3 Å². The minimum Gasteiger partial charge on any atom is -0.351 e. The van der Waals surface area contributed by atoms with Gasteiger partial charge in [-0.1, -0.05) is 20.8 Å². The normalized spacial score (nSPS) is 11.9. The maximum Gasteiger partial charge on any atom is 0.268 e. The summed E-state index contributed by atoms with van der Waals surface area (Å²) in [7, 11) is 1.65. The van der Waals surface area contributed by atoms with Gasteiger partial charge in [0.25, 0.3) is 5.56 Å². The SMILES string of the molecule is Bn1cnc2ncc(C(C)(C)C)nc2c1=O. The van der Waals surface area contributed by atoms with Crippen LogP contribution in [0.1, 0.15) is 26.5 Å². The monoisotopic (exact) mass is 216 g/mol. The molecule has 0 radical (unpaired) electrons. The molecule has 0 spiro atoms. The molecule has 0 fully saturated rings. The van der Waals surface area contributed by atoms with Crippen LogP contribution in [0.2, 0.25) is 0 Å². The third kappa shape index (κ3) is 1.71. The van der Waals surface area contributed by atoms with Crippen molar-refractivity contribution < 1.29 is 0 Å². The first-order chi connectivity index (χ1) is 7.39. The van der Waals surface area contributed by atoms with E-state index in [9.17, 15) is 4.79 Å². The molecular weight excluding hydrogens is 203 g/mol. The number of hydrogen-bond donors (Lipinski definition) is 0. The Balaban J connectivity index is 2.79. The topological polar surface area (TPSA) is 60.7 Å². The fourth-order valence-corrected chi connectivity index (χ4v) is 1.34. The molecule has 0 aliphatic rings. The van der Waals surface area contributed by atoms with Crippen molar-refractivity contribution >= 4 is 19.1 Å². The van der Waals surface area contributed by atoms with Gasteiger partial charge in [0.15, 0.2) is 11.2 Å². The molecule has 0 amide bonds. The molecule has 0 atom stereocenters. The van der Waals surface area contributed by atoms with Crippen LogP contribution in [0.4, 0.5) is 0 Å². The van der Waals surface area contributed by atoms with E-state index >= 15 is 0 Å². The lowest BCUT2D eigenvalue weighted by Gasteiger charge is -2.16. The highest BCUT2D eigenvalue weighted by molar-refractivity contribution is 6.06. The number of fused-ring (bicyclic) bond motifs is 1. The van der Waals surface area contributed by atoms with E-state index in [1.54, 1.807) is 14.2 Å². The average Bonchev–Trinajstić information content (AvgIpc) is 2.22. The van der Waals surface area contributed by atoms with Crippen molar-refractivity contribution in [2.75, 3.05) is 0 Å². The molecule has 2 heterocycles. The molecule has 82 valence electrons. The van der Waals surface area contributed by atoms with Crippen LogP contribution >= 0.6 is 0 Å². The predicted molar refractivity (Wildman–Crippen MR) is 64.2 cm³/mol. The highest BCUT2D eigenvalue weighted by atomic mass is 16.1. The molecule has 0 aromatic carbocycles. The third-order valence-electron chi connectivity index (χ3n) is 2.40. The van der Waals surface area contributed by atoms with Crippen LogP contribution in [0.5, 0.6) is 0 Å². The van der Waals surface area contributed by atoms with Gasteiger partial charge in [-0.2, -0.15) is 0 Å². The van der Waals surface area contributed by atoms with Gasteiger partial charge in [-0.25, -0.2) is 15.0 Å². The third-order valence-corrected chi connectivity index (χ3v) is 2.40. The molecular formula is C10H13BN4O. The van der Waals surface area contributed by atoms with Crippen molar-refractivity contribution in [3.05, 3.63) is 28.6 Å². The molecule has 0 saturated heterocycles. The van der Waals surface area contributed by atoms with Gasteiger partial charge in [-0.05, 0) is 0 Å². The second kappa shape index (κ2) is 3.40. The van der Waals surface area contributed by atoms with E-state index in [4.69, 9.17) is 0 Å². The number of hydrogen-bond acceptors (Lipinski definition) is 4. The predicted octanol–water partition coefficient (Wildman–Crippen LogP) is -0.120. The maximum absolute atomic E-state index is 11.8. The molecule has 2 rings (SSSR count). The molecule has 0 aliphatic heterocycles. The quantitative estimate of drug-likeness (QED) is 0.576. The van der Waals surface area contributed by atoms with Crippen LogP contribution in [0.3, 0.4) is 0 Å². The van der Waals surface area contributed by atoms with Gasteiger partial charge in [0.05, 0.1) is 18.2 Å². The van der Waals surface area contributed by atoms with E-state index in [-0.39, 0.29) is 11.0 Å². The van der Waals surface area contributed by atoms with E-state index in [2.05, 4.69) is 15.0 Å². The van der Waals surface area contributed by atoms with Crippen molar-refractivity contribution in [2.45, 2.75) is 26.2 Å². The summed E-state index contributed by atoms with van der Waals surface area (Å²) in [6, 6.07) is 0. The van der Waals surface area contributed by atoms with E-state index in [1.807, 2.05) is 20.8 Å². The molecule has 0 unspecified atom stereocenters. The van der Waals surface area contributed by atoms with Crippen molar-refractivity contribution in [1.29, 1.82) is 0 Å². The van der Waals surface area contributed by atoms with Crippen LogP contribution in [-0.2, 0) is 5.41 Å². The molecule has 2 aromatic rings. The molecule has 0 bridgehead atoms. The largest absolute Gasteiger partial charge is 0.351 e. The Labute approximate surface area is 94.0 Å². The molecule has 2 aromatic heterocycles. The summed E-state index contributed by atoms with van der Waals surface area (Å²) >= 11 is 0. The Kier molecular flexibility index (Phi) is 2.29. The van der Waals surface area contributed by atoms with Crippen molar-refractivity contribution in [1.82, 2.24) is 19.4 Å². The van der Waals surface area contributed by atoms with Gasteiger partial charge >= 0.3 is 0 Å². The zero-order chi connectivity index (χ0) is 11.9. The number of aromatic nitrogens is 4. The second-order valence-corrected chi connectivity index (χ2v) is 4.84. The molecule has 6 heteroatoms. The van der Waals surface area contributed by atoms with Crippen molar-refractivity contribution in [3.63, 3.8) is 0 Å². The van der Waals surface area contributed by atoms with E-state index in [1.165, 1.54) is 10.8 Å². The Bertz CT molecular complexity index is 600. The van der Waals surface area contributed by atoms with Gasteiger partial charge in [0.1, 0.15) is 0 Å². The van der Waals surface area contributed by atoms with Gasteiger partial charge < -0.3 is 4.48 Å². The minimum atomic E-state index is -0.163. The van der Waals surface area contributed by atoms with Crippen LogP contribution in [0.25, 0.3) is 11.2 Å². The Morgan fingerprint density at radius 1 is 1.31 bits per heavy atom. The molecule has 0 aliphatic carbocycles. The highest BCUT2D eigenvalue weighted by Gasteiger charge is 2.17. The Morgan fingerprint density at radius 3 is 2.62 bits per heavy atom. The fourth-order valence-electron chi connectivity index (χ4n) is 1.34. The zero-order valence-corrected chi connectivity index (χ0v) is 9.85. The molecule has 0 N–H and O–H groups in total. The summed E-state index contributed by atoms with van der Waals surface area (Å²) in [6.07, 6.45) is 3.13. The lowest BCUT2D eigenvalue weighted by Crippen LogP contribution is -2.22. The minimum absolute atomic E-state index is 0.123. The van der Waals surface area contributed by atoms with Crippen molar-refractivity contribution in [3.8, 4) is 0 Å². The van der Waals surface area contributed by atoms with Crippen molar-refractivity contribution in [2.24, 2.45) is 0 Å². The molecule has 0 saturated carbocycles. The van der Waals surface area contributed by atoms with Gasteiger partial charge in [-0.15, -0.1) is 0 Å². The van der Waals surface area contributed by atoms with E-state index in [0.29, 0.717) is 11.2 Å². The van der Waals surface area contributed by atoms with E-state index < -0.39 is 0 Å². The fraction of sp³-hybridized carbons (Fsp3) is 0.400. The van der Waals surface area contributed by atoms with Gasteiger partial charge in [-0.3, -0.25) is 4.79 Å². The summed E-state index contributed by atoms with van der Waals surface area (Å²) < 4.78 is 1.41. The summed E-state index contributed by atoms with van der Waals surface area (Å²) in [4.78, 5) is 24.4. The van der Waals surface area contributed by atoms with Crippen LogP contribution < -0.4 is 5.56 Å². The van der Waals surface area contributed by atoms with Gasteiger partial charge in [0, 0.05) is 5.41 Å². The smallest absolute Gasteiger partial charge is 0.268 e. The Hall–Kier alpha value is -1.72. The standard InChI is InChI=1S/C10H13BN4O/c1-10(2,3)6-4-12-8-7(14-6)9(16)15(11)5-13-8/h4-5H,11H2,1-3H3. The first-order valence-electron chi connectivity index (χ1n) is 5.08. The lowest BCUT2D eigenvalue weighted by atomic mass is 9.93. The first kappa shape index (κ1) is 10.8. The zero-order valence-electron chi connectivity index (χ0n) is 9.85. The summed E-state index contributed by atoms with van der Waals surface area (Å²) in [5, 5.41) is 0. The second-order valence-electron chi connectivity index (χ2n) is 4.84. The Morgan fingerprint density at radius 2 is 2.00 bits per heavy atom. The van der Waals surface area contributed by atoms with E-state index in [0.717, 1.165) is 5.69 Å². The first-order valence-corrected chi connectivity index (χ1v) is 5.08.